The average molecular weight is 350 g/mol. The second kappa shape index (κ2) is 7.00. The Morgan fingerprint density at radius 2 is 1.81 bits per heavy atom. The number of nitrogens with zero attached hydrogens (tertiary/aromatic N) is 2. The molecule has 6 heteroatoms. The van der Waals surface area contributed by atoms with Crippen LogP contribution in [-0.4, -0.2) is 16.0 Å². The molecule has 0 aliphatic heterocycles. The number of pyridine rings is 1. The van der Waals surface area contributed by atoms with E-state index in [9.17, 15) is 4.79 Å². The molecule has 3 rings (SSSR count). The van der Waals surface area contributed by atoms with Gasteiger partial charge < -0.3 is 15.6 Å². The van der Waals surface area contributed by atoms with E-state index in [1.165, 1.54) is 0 Å². The highest BCUT2D eigenvalue weighted by atomic mass is 16.5. The van der Waals surface area contributed by atoms with Crippen molar-refractivity contribution in [1.29, 1.82) is 0 Å². The number of amides is 1. The smallest absolute Gasteiger partial charge is 0.230 e. The SMILES string of the molecule is CC(C)(C)c1cc(NC(=O)Cc2ccc(-c3ccc(N)nc3)cc2)no1. The van der Waals surface area contributed by atoms with E-state index in [1.54, 1.807) is 18.3 Å². The summed E-state index contributed by atoms with van der Waals surface area (Å²) >= 11 is 0. The molecule has 3 N–H and O–H groups in total. The van der Waals surface area contributed by atoms with Crippen molar-refractivity contribution in [3.05, 3.63) is 60.0 Å². The largest absolute Gasteiger partial charge is 0.384 e. The molecule has 0 aliphatic carbocycles. The first-order valence-electron chi connectivity index (χ1n) is 8.39. The summed E-state index contributed by atoms with van der Waals surface area (Å²) < 4.78 is 5.27. The van der Waals surface area contributed by atoms with Gasteiger partial charge in [-0.15, -0.1) is 0 Å². The second-order valence-electron chi connectivity index (χ2n) is 7.22. The van der Waals surface area contributed by atoms with Crippen LogP contribution >= 0.6 is 0 Å². The molecular weight excluding hydrogens is 328 g/mol. The number of nitrogens with one attached hydrogen (secondary N) is 1. The van der Waals surface area contributed by atoms with Crippen LogP contribution in [0.1, 0.15) is 32.1 Å². The molecule has 26 heavy (non-hydrogen) atoms. The fourth-order valence-electron chi connectivity index (χ4n) is 2.45. The van der Waals surface area contributed by atoms with Crippen molar-refractivity contribution in [3.63, 3.8) is 0 Å². The zero-order valence-electron chi connectivity index (χ0n) is 15.1. The molecule has 2 heterocycles. The van der Waals surface area contributed by atoms with Gasteiger partial charge in [-0.3, -0.25) is 4.79 Å². The number of carbonyl (C=O) groups excluding carboxylic acids is 1. The normalized spacial score (nSPS) is 11.3. The first-order chi connectivity index (χ1) is 12.3. The lowest BCUT2D eigenvalue weighted by atomic mass is 9.93. The number of nitrogens with two attached hydrogens (primary N) is 1. The van der Waals surface area contributed by atoms with Gasteiger partial charge in [0.15, 0.2) is 5.82 Å². The maximum Gasteiger partial charge on any atom is 0.230 e. The van der Waals surface area contributed by atoms with Crippen LogP contribution in [0.2, 0.25) is 0 Å². The van der Waals surface area contributed by atoms with Crippen LogP contribution in [-0.2, 0) is 16.6 Å². The van der Waals surface area contributed by atoms with Crippen molar-refractivity contribution in [1.82, 2.24) is 10.1 Å². The summed E-state index contributed by atoms with van der Waals surface area (Å²) in [4.78, 5) is 16.3. The van der Waals surface area contributed by atoms with Gasteiger partial charge in [0.1, 0.15) is 11.6 Å². The fourth-order valence-corrected chi connectivity index (χ4v) is 2.45. The van der Waals surface area contributed by atoms with Crippen LogP contribution in [0, 0.1) is 0 Å². The Balaban J connectivity index is 1.62. The molecule has 0 unspecified atom stereocenters. The van der Waals surface area contributed by atoms with Gasteiger partial charge in [0.2, 0.25) is 5.91 Å². The van der Waals surface area contributed by atoms with Gasteiger partial charge in [-0.25, -0.2) is 4.98 Å². The van der Waals surface area contributed by atoms with E-state index in [1.807, 2.05) is 51.1 Å². The van der Waals surface area contributed by atoms with E-state index in [4.69, 9.17) is 10.3 Å². The van der Waals surface area contributed by atoms with Crippen LogP contribution in [0.3, 0.4) is 0 Å². The average Bonchev–Trinajstić information content (AvgIpc) is 3.05. The minimum absolute atomic E-state index is 0.138. The van der Waals surface area contributed by atoms with E-state index in [-0.39, 0.29) is 17.7 Å². The number of anilines is 2. The highest BCUT2D eigenvalue weighted by Gasteiger charge is 2.20. The molecule has 0 aliphatic rings. The molecule has 0 saturated heterocycles. The number of rotatable bonds is 4. The third-order valence-electron chi connectivity index (χ3n) is 3.96. The zero-order valence-corrected chi connectivity index (χ0v) is 15.1. The summed E-state index contributed by atoms with van der Waals surface area (Å²) in [5.41, 5.74) is 8.37. The van der Waals surface area contributed by atoms with E-state index in [0.717, 1.165) is 22.5 Å². The topological polar surface area (TPSA) is 94.0 Å². The van der Waals surface area contributed by atoms with Gasteiger partial charge >= 0.3 is 0 Å². The van der Waals surface area contributed by atoms with Crippen molar-refractivity contribution >= 4 is 17.5 Å². The van der Waals surface area contributed by atoms with Crippen molar-refractivity contribution in [2.75, 3.05) is 11.1 Å². The molecule has 2 aromatic heterocycles. The predicted octanol–water partition coefficient (Wildman–Crippen LogP) is 3.80. The molecule has 6 nitrogen and oxygen atoms in total. The Morgan fingerprint density at radius 3 is 2.38 bits per heavy atom. The first kappa shape index (κ1) is 17.7. The number of carbonyl (C=O) groups is 1. The highest BCUT2D eigenvalue weighted by molar-refractivity contribution is 5.91. The van der Waals surface area contributed by atoms with E-state index < -0.39 is 0 Å². The Hall–Kier alpha value is -3.15. The van der Waals surface area contributed by atoms with Gasteiger partial charge in [0.25, 0.3) is 0 Å². The summed E-state index contributed by atoms with van der Waals surface area (Å²) in [7, 11) is 0. The second-order valence-corrected chi connectivity index (χ2v) is 7.22. The Labute approximate surface area is 152 Å². The number of aromatic nitrogens is 2. The minimum atomic E-state index is -0.150. The van der Waals surface area contributed by atoms with Gasteiger partial charge in [0, 0.05) is 23.2 Å². The van der Waals surface area contributed by atoms with Crippen LogP contribution in [0.4, 0.5) is 11.6 Å². The number of hydrogen-bond acceptors (Lipinski definition) is 5. The molecule has 1 aromatic carbocycles. The molecule has 0 fully saturated rings. The minimum Gasteiger partial charge on any atom is -0.384 e. The standard InChI is InChI=1S/C20H22N4O2/c1-20(2,3)16-11-18(24-26-16)23-19(25)10-13-4-6-14(7-5-13)15-8-9-17(21)22-12-15/h4-9,11-12H,10H2,1-3H3,(H2,21,22)(H,23,24,25). The van der Waals surface area contributed by atoms with Crippen molar-refractivity contribution < 1.29 is 9.32 Å². The summed E-state index contributed by atoms with van der Waals surface area (Å²) in [5, 5.41) is 6.67. The van der Waals surface area contributed by atoms with E-state index in [0.29, 0.717) is 11.6 Å². The lowest BCUT2D eigenvalue weighted by Crippen LogP contribution is -2.14. The predicted molar refractivity (Wildman–Crippen MR) is 102 cm³/mol. The number of benzene rings is 1. The lowest BCUT2D eigenvalue weighted by Gasteiger charge is -2.12. The Kier molecular flexibility index (Phi) is 4.75. The Morgan fingerprint density at radius 1 is 1.12 bits per heavy atom. The van der Waals surface area contributed by atoms with Gasteiger partial charge in [-0.2, -0.15) is 0 Å². The van der Waals surface area contributed by atoms with Gasteiger partial charge in [-0.05, 0) is 23.3 Å². The molecular formula is C20H22N4O2. The third kappa shape index (κ3) is 4.27. The van der Waals surface area contributed by atoms with Crippen LogP contribution in [0.15, 0.2) is 53.2 Å². The fraction of sp³-hybridized carbons (Fsp3) is 0.250. The number of nitrogen functional groups attached to an aromatic ring is 1. The summed E-state index contributed by atoms with van der Waals surface area (Å²) in [6.45, 7) is 6.08. The third-order valence-corrected chi connectivity index (χ3v) is 3.96. The Bertz CT molecular complexity index is 891. The van der Waals surface area contributed by atoms with Crippen LogP contribution in [0.5, 0.6) is 0 Å². The maximum absolute atomic E-state index is 12.2. The molecule has 0 spiro atoms. The molecule has 0 atom stereocenters. The van der Waals surface area contributed by atoms with Crippen molar-refractivity contribution in [2.24, 2.45) is 0 Å². The molecule has 3 aromatic rings. The molecule has 0 saturated carbocycles. The van der Waals surface area contributed by atoms with Crippen molar-refractivity contribution in [3.8, 4) is 11.1 Å². The summed E-state index contributed by atoms with van der Waals surface area (Å²) in [5.74, 6) is 1.52. The van der Waals surface area contributed by atoms with Crippen LogP contribution in [0.25, 0.3) is 11.1 Å². The molecule has 0 radical (unpaired) electrons. The molecule has 1 amide bonds. The van der Waals surface area contributed by atoms with E-state index >= 15 is 0 Å². The quantitative estimate of drug-likeness (QED) is 0.746. The number of hydrogen-bond donors (Lipinski definition) is 2. The first-order valence-corrected chi connectivity index (χ1v) is 8.39. The zero-order chi connectivity index (χ0) is 18.7. The summed E-state index contributed by atoms with van der Waals surface area (Å²) in [6.07, 6.45) is 1.99. The highest BCUT2D eigenvalue weighted by Crippen LogP contribution is 2.24. The van der Waals surface area contributed by atoms with Gasteiger partial charge in [-0.1, -0.05) is 50.2 Å². The van der Waals surface area contributed by atoms with E-state index in [2.05, 4.69) is 15.5 Å². The monoisotopic (exact) mass is 350 g/mol. The summed E-state index contributed by atoms with van der Waals surface area (Å²) in [6, 6.07) is 13.2. The lowest BCUT2D eigenvalue weighted by molar-refractivity contribution is -0.115. The van der Waals surface area contributed by atoms with Crippen LogP contribution < -0.4 is 11.1 Å². The molecule has 0 bridgehead atoms. The molecule has 134 valence electrons. The van der Waals surface area contributed by atoms with Gasteiger partial charge in [0.05, 0.1) is 6.42 Å². The van der Waals surface area contributed by atoms with Crippen molar-refractivity contribution in [2.45, 2.75) is 32.6 Å². The maximum atomic E-state index is 12.2.